The second-order valence-electron chi connectivity index (χ2n) is 3.39. The van der Waals surface area contributed by atoms with Gasteiger partial charge in [0.15, 0.2) is 12.5 Å². The largest absolute Gasteiger partial charge is 0.383 e. The van der Waals surface area contributed by atoms with Gasteiger partial charge in [-0.05, 0) is 6.92 Å². The third-order valence-electron chi connectivity index (χ3n) is 2.41. The first-order chi connectivity index (χ1) is 7.22. The predicted octanol–water partition coefficient (Wildman–Crippen LogP) is 1.41. The molecule has 0 aromatic heterocycles. The van der Waals surface area contributed by atoms with Crippen LogP contribution in [0.15, 0.2) is 29.3 Å². The smallest absolute Gasteiger partial charge is 0.180 e. The molecule has 0 aliphatic carbocycles. The Hall–Kier alpha value is -1.39. The third kappa shape index (κ3) is 1.86. The average molecular weight is 206 g/mol. The molecule has 0 radical (unpaired) electrons. The Balaban J connectivity index is 2.23. The van der Waals surface area contributed by atoms with E-state index in [-0.39, 0.29) is 12.5 Å². The fourth-order valence-electron chi connectivity index (χ4n) is 1.55. The minimum Gasteiger partial charge on any atom is -0.383 e. The number of rotatable bonds is 3. The van der Waals surface area contributed by atoms with E-state index in [9.17, 15) is 0 Å². The zero-order valence-corrected chi connectivity index (χ0v) is 8.81. The predicted molar refractivity (Wildman–Crippen MR) is 57.5 cm³/mol. The number of amidine groups is 1. The number of aliphatic imine (C=N–C) groups is 1. The van der Waals surface area contributed by atoms with E-state index in [1.807, 2.05) is 31.2 Å². The van der Waals surface area contributed by atoms with Crippen molar-refractivity contribution in [1.82, 2.24) is 0 Å². The zero-order chi connectivity index (χ0) is 10.8. The van der Waals surface area contributed by atoms with Gasteiger partial charge in [0.05, 0.1) is 0 Å². The summed E-state index contributed by atoms with van der Waals surface area (Å²) in [7, 11) is 1.60. The summed E-state index contributed by atoms with van der Waals surface area (Å²) < 4.78 is 10.6. The Bertz CT molecular complexity index is 390. The van der Waals surface area contributed by atoms with Gasteiger partial charge < -0.3 is 15.2 Å². The van der Waals surface area contributed by atoms with Crippen LogP contribution in [0.25, 0.3) is 0 Å². The summed E-state index contributed by atoms with van der Waals surface area (Å²) in [5, 5.41) is 0. The van der Waals surface area contributed by atoms with Crippen LogP contribution in [0, 0.1) is 0 Å². The summed E-state index contributed by atoms with van der Waals surface area (Å²) in [6, 6.07) is 7.78. The number of ether oxygens (including phenoxy) is 2. The van der Waals surface area contributed by atoms with E-state index in [2.05, 4.69) is 4.99 Å². The van der Waals surface area contributed by atoms with Crippen molar-refractivity contribution in [2.45, 2.75) is 19.4 Å². The van der Waals surface area contributed by atoms with Crippen LogP contribution in [0.5, 0.6) is 0 Å². The molecular formula is C11H14N2O2. The number of fused-ring (bicyclic) bond motifs is 1. The maximum Gasteiger partial charge on any atom is 0.180 e. The fraction of sp³-hybridized carbons (Fsp3) is 0.364. The lowest BCUT2D eigenvalue weighted by atomic mass is 10.1. The van der Waals surface area contributed by atoms with E-state index in [0.29, 0.717) is 5.84 Å². The molecular weight excluding hydrogens is 192 g/mol. The summed E-state index contributed by atoms with van der Waals surface area (Å²) in [6.45, 7) is 1.83. The van der Waals surface area contributed by atoms with Gasteiger partial charge in [-0.3, -0.25) is 0 Å². The molecule has 0 amide bonds. The Kier molecular flexibility index (Phi) is 2.70. The zero-order valence-electron chi connectivity index (χ0n) is 8.81. The van der Waals surface area contributed by atoms with E-state index in [1.54, 1.807) is 7.11 Å². The Morgan fingerprint density at radius 3 is 2.87 bits per heavy atom. The molecule has 15 heavy (non-hydrogen) atoms. The molecule has 1 heterocycles. The Labute approximate surface area is 88.7 Å². The molecule has 2 unspecified atom stereocenters. The third-order valence-corrected chi connectivity index (χ3v) is 2.41. The molecule has 0 spiro atoms. The molecule has 1 aliphatic heterocycles. The van der Waals surface area contributed by atoms with E-state index in [1.165, 1.54) is 0 Å². The van der Waals surface area contributed by atoms with Gasteiger partial charge in [0, 0.05) is 18.2 Å². The lowest BCUT2D eigenvalue weighted by Gasteiger charge is -2.15. The molecule has 2 atom stereocenters. The van der Waals surface area contributed by atoms with Crippen LogP contribution < -0.4 is 5.73 Å². The monoisotopic (exact) mass is 206 g/mol. The van der Waals surface area contributed by atoms with Gasteiger partial charge in [0.1, 0.15) is 5.84 Å². The molecule has 4 nitrogen and oxygen atoms in total. The highest BCUT2D eigenvalue weighted by atomic mass is 16.7. The van der Waals surface area contributed by atoms with Crippen LogP contribution >= 0.6 is 0 Å². The van der Waals surface area contributed by atoms with Crippen LogP contribution in [0.3, 0.4) is 0 Å². The summed E-state index contributed by atoms with van der Waals surface area (Å²) in [6.07, 6.45) is -0.631. The molecule has 80 valence electrons. The van der Waals surface area contributed by atoms with Crippen molar-refractivity contribution < 1.29 is 9.47 Å². The normalized spacial score (nSPS) is 20.9. The van der Waals surface area contributed by atoms with Gasteiger partial charge in [0.2, 0.25) is 0 Å². The highest BCUT2D eigenvalue weighted by Crippen LogP contribution is 2.29. The molecule has 0 saturated carbocycles. The highest BCUT2D eigenvalue weighted by molar-refractivity contribution is 6.01. The molecule has 1 aromatic carbocycles. The van der Waals surface area contributed by atoms with Crippen molar-refractivity contribution in [1.29, 1.82) is 0 Å². The second-order valence-corrected chi connectivity index (χ2v) is 3.39. The van der Waals surface area contributed by atoms with Crippen LogP contribution in [0.4, 0.5) is 0 Å². The molecule has 1 aliphatic rings. The molecule has 2 rings (SSSR count). The summed E-state index contributed by atoms with van der Waals surface area (Å²) in [4.78, 5) is 4.24. The SMILES string of the molecule is COC(C)OC1N=C(N)c2ccccc21. The van der Waals surface area contributed by atoms with E-state index in [0.717, 1.165) is 11.1 Å². The summed E-state index contributed by atoms with van der Waals surface area (Å²) >= 11 is 0. The fourth-order valence-corrected chi connectivity index (χ4v) is 1.55. The number of hydrogen-bond donors (Lipinski definition) is 1. The molecule has 0 fully saturated rings. The van der Waals surface area contributed by atoms with E-state index < -0.39 is 0 Å². The van der Waals surface area contributed by atoms with Crippen molar-refractivity contribution in [2.24, 2.45) is 10.7 Å². The van der Waals surface area contributed by atoms with Crippen LogP contribution in [-0.2, 0) is 9.47 Å². The Morgan fingerprint density at radius 2 is 2.13 bits per heavy atom. The molecule has 2 N–H and O–H groups in total. The van der Waals surface area contributed by atoms with Gasteiger partial charge in [-0.25, -0.2) is 4.99 Å². The van der Waals surface area contributed by atoms with Gasteiger partial charge in [-0.15, -0.1) is 0 Å². The Morgan fingerprint density at radius 1 is 1.40 bits per heavy atom. The second kappa shape index (κ2) is 4.00. The van der Waals surface area contributed by atoms with Crippen LogP contribution in [0.2, 0.25) is 0 Å². The van der Waals surface area contributed by atoms with Crippen LogP contribution in [0.1, 0.15) is 24.3 Å². The minimum atomic E-state index is -0.337. The van der Waals surface area contributed by atoms with Crippen molar-refractivity contribution in [3.05, 3.63) is 35.4 Å². The lowest BCUT2D eigenvalue weighted by molar-refractivity contribution is -0.142. The number of benzene rings is 1. The van der Waals surface area contributed by atoms with Crippen molar-refractivity contribution in [3.63, 3.8) is 0 Å². The quantitative estimate of drug-likeness (QED) is 0.761. The first kappa shape index (κ1) is 10.1. The summed E-state index contributed by atoms with van der Waals surface area (Å²) in [5.41, 5.74) is 7.73. The van der Waals surface area contributed by atoms with Crippen LogP contribution in [-0.4, -0.2) is 19.2 Å². The average Bonchev–Trinajstić information content (AvgIpc) is 2.57. The minimum absolute atomic E-state index is 0.294. The number of hydrogen-bond acceptors (Lipinski definition) is 4. The first-order valence-electron chi connectivity index (χ1n) is 4.83. The van der Waals surface area contributed by atoms with Crippen molar-refractivity contribution in [3.8, 4) is 0 Å². The number of nitrogens with zero attached hydrogens (tertiary/aromatic N) is 1. The molecule has 1 aromatic rings. The van der Waals surface area contributed by atoms with Crippen molar-refractivity contribution >= 4 is 5.84 Å². The van der Waals surface area contributed by atoms with E-state index in [4.69, 9.17) is 15.2 Å². The van der Waals surface area contributed by atoms with Gasteiger partial charge in [0.25, 0.3) is 0 Å². The topological polar surface area (TPSA) is 56.8 Å². The van der Waals surface area contributed by atoms with Gasteiger partial charge in [-0.2, -0.15) is 0 Å². The standard InChI is InChI=1S/C11H14N2O2/c1-7(14-2)15-11-9-6-4-3-5-8(9)10(12)13-11/h3-7,11H,1-2H3,(H2,12,13). The summed E-state index contributed by atoms with van der Waals surface area (Å²) in [5.74, 6) is 0.527. The van der Waals surface area contributed by atoms with Crippen molar-refractivity contribution in [2.75, 3.05) is 7.11 Å². The lowest BCUT2D eigenvalue weighted by Crippen LogP contribution is -2.13. The number of methoxy groups -OCH3 is 1. The maximum atomic E-state index is 5.78. The molecule has 4 heteroatoms. The number of nitrogens with two attached hydrogens (primary N) is 1. The first-order valence-corrected chi connectivity index (χ1v) is 4.83. The van der Waals surface area contributed by atoms with Gasteiger partial charge in [-0.1, -0.05) is 24.3 Å². The molecule has 0 saturated heterocycles. The maximum absolute atomic E-state index is 5.78. The highest BCUT2D eigenvalue weighted by Gasteiger charge is 2.24. The molecule has 0 bridgehead atoms. The van der Waals surface area contributed by atoms with E-state index >= 15 is 0 Å². The van der Waals surface area contributed by atoms with Gasteiger partial charge >= 0.3 is 0 Å².